The topological polar surface area (TPSA) is 204 Å². The first-order valence-corrected chi connectivity index (χ1v) is 23.6. The quantitative estimate of drug-likeness (QED) is 0.0909. The lowest BCUT2D eigenvalue weighted by molar-refractivity contribution is -0.318. The molecule has 0 aliphatic carbocycles. The second-order valence-corrected chi connectivity index (χ2v) is 20.2. The van der Waals surface area contributed by atoms with E-state index in [2.05, 4.69) is 15.5 Å². The smallest absolute Gasteiger partial charge is 0.311 e. The van der Waals surface area contributed by atoms with E-state index in [0.29, 0.717) is 37.6 Å². The summed E-state index contributed by atoms with van der Waals surface area (Å²) in [5, 5.41) is 66.7. The van der Waals surface area contributed by atoms with E-state index in [0.717, 1.165) is 5.69 Å². The van der Waals surface area contributed by atoms with Crippen LogP contribution >= 0.6 is 12.2 Å². The van der Waals surface area contributed by atoms with E-state index in [-0.39, 0.29) is 37.3 Å². The van der Waals surface area contributed by atoms with Crippen molar-refractivity contribution in [3.05, 3.63) is 30.3 Å². The van der Waals surface area contributed by atoms with Gasteiger partial charge in [-0.3, -0.25) is 9.69 Å². The van der Waals surface area contributed by atoms with Crippen LogP contribution in [0.25, 0.3) is 0 Å². The third-order valence-electron chi connectivity index (χ3n) is 14.0. The Labute approximate surface area is 387 Å². The summed E-state index contributed by atoms with van der Waals surface area (Å²) in [4.78, 5) is 18.5. The molecule has 18 atom stereocenters. The van der Waals surface area contributed by atoms with Crippen LogP contribution in [0.1, 0.15) is 101 Å². The molecule has 16 nitrogen and oxygen atoms in total. The molecule has 17 heteroatoms. The minimum Gasteiger partial charge on any atom is -0.459 e. The van der Waals surface area contributed by atoms with Gasteiger partial charge in [0.1, 0.15) is 30.0 Å². The van der Waals surface area contributed by atoms with E-state index in [9.17, 15) is 30.3 Å². The second kappa shape index (κ2) is 23.3. The van der Waals surface area contributed by atoms with E-state index in [4.69, 9.17) is 40.6 Å². The van der Waals surface area contributed by atoms with Crippen LogP contribution in [-0.2, 0) is 33.2 Å². The number of esters is 1. The zero-order valence-corrected chi connectivity index (χ0v) is 41.4. The lowest BCUT2D eigenvalue weighted by Gasteiger charge is -2.48. The summed E-state index contributed by atoms with van der Waals surface area (Å²) in [6, 6.07) is 8.69. The number of methoxy groups -OCH3 is 1. The summed E-state index contributed by atoms with van der Waals surface area (Å²) in [5.41, 5.74) is -3.69. The largest absolute Gasteiger partial charge is 0.459 e. The molecule has 0 saturated carbocycles. The number of benzene rings is 1. The van der Waals surface area contributed by atoms with Gasteiger partial charge in [-0.2, -0.15) is 0 Å². The van der Waals surface area contributed by atoms with Gasteiger partial charge in [-0.1, -0.05) is 39.0 Å². The molecule has 0 spiro atoms. The van der Waals surface area contributed by atoms with Crippen LogP contribution in [0.4, 0.5) is 5.69 Å². The molecule has 0 radical (unpaired) electrons. The van der Waals surface area contributed by atoms with Gasteiger partial charge in [0, 0.05) is 56.9 Å². The van der Waals surface area contributed by atoms with E-state index in [1.165, 1.54) is 14.0 Å². The van der Waals surface area contributed by atoms with Crippen molar-refractivity contribution in [1.29, 1.82) is 0 Å². The van der Waals surface area contributed by atoms with Gasteiger partial charge >= 0.3 is 5.97 Å². The third kappa shape index (κ3) is 13.5. The number of hydrogen-bond acceptors (Lipinski definition) is 15. The number of ether oxygens (including phenoxy) is 6. The molecule has 0 bridgehead atoms. The van der Waals surface area contributed by atoms with Crippen LogP contribution < -0.4 is 10.6 Å². The number of aliphatic hydroxyl groups excluding tert-OH is 3. The van der Waals surface area contributed by atoms with Crippen LogP contribution in [0.15, 0.2) is 30.3 Å². The van der Waals surface area contributed by atoms with E-state index < -0.39 is 96.0 Å². The molecule has 3 aliphatic heterocycles. The Balaban J connectivity index is 1.75. The van der Waals surface area contributed by atoms with Crippen molar-refractivity contribution < 1.29 is 58.7 Å². The summed E-state index contributed by atoms with van der Waals surface area (Å²) in [5.74, 6) is -2.76. The molecule has 0 aromatic heterocycles. The maximum absolute atomic E-state index is 14.5. The van der Waals surface area contributed by atoms with Gasteiger partial charge in [-0.05, 0) is 119 Å². The molecule has 3 heterocycles. The number of hydrogen-bond donors (Lipinski definition) is 7. The maximum atomic E-state index is 14.5. The number of anilines is 1. The highest BCUT2D eigenvalue weighted by Gasteiger charge is 2.53. The number of nitrogens with zero attached hydrogens (tertiary/aromatic N) is 2. The fourth-order valence-corrected chi connectivity index (χ4v) is 10.3. The van der Waals surface area contributed by atoms with Crippen LogP contribution in [-0.4, -0.2) is 178 Å². The van der Waals surface area contributed by atoms with Gasteiger partial charge in [0.05, 0.1) is 41.5 Å². The van der Waals surface area contributed by atoms with E-state index in [1.54, 1.807) is 34.6 Å². The molecule has 3 fully saturated rings. The van der Waals surface area contributed by atoms with Gasteiger partial charge in [0.15, 0.2) is 17.7 Å². The fraction of sp³-hybridized carbons (Fsp3) is 0.830. The van der Waals surface area contributed by atoms with Gasteiger partial charge in [-0.25, -0.2) is 0 Å². The van der Waals surface area contributed by atoms with Gasteiger partial charge in [0.2, 0.25) is 0 Å². The number of carbonyl (C=O) groups excluding carboxylic acids is 1. The summed E-state index contributed by atoms with van der Waals surface area (Å²) in [6.45, 7) is 19.1. The number of thiocarbonyl (C=S) groups is 1. The van der Waals surface area contributed by atoms with Gasteiger partial charge in [0.25, 0.3) is 0 Å². The number of para-hydroxylation sites is 1. The lowest BCUT2D eigenvalue weighted by atomic mass is 9.77. The number of likely N-dealkylation sites (N-methyl/N-ethyl adjacent to an activating group) is 1. The number of cyclic esters (lactones) is 1. The molecule has 1 aromatic carbocycles. The van der Waals surface area contributed by atoms with Crippen molar-refractivity contribution in [2.24, 2.45) is 17.8 Å². The molecule has 7 N–H and O–H groups in total. The number of rotatable bonds is 12. The lowest BCUT2D eigenvalue weighted by Crippen LogP contribution is -2.60. The van der Waals surface area contributed by atoms with Crippen molar-refractivity contribution in [2.75, 3.05) is 46.2 Å². The minimum absolute atomic E-state index is 0.114. The first-order chi connectivity index (χ1) is 29.9. The number of aliphatic hydroxyl groups is 5. The molecule has 64 heavy (non-hydrogen) atoms. The molecule has 368 valence electrons. The van der Waals surface area contributed by atoms with E-state index in [1.807, 2.05) is 77.0 Å². The Hall–Kier alpha value is -2.10. The second-order valence-electron chi connectivity index (χ2n) is 19.8. The molecule has 0 unspecified atom stereocenters. The van der Waals surface area contributed by atoms with Crippen LogP contribution in [0.2, 0.25) is 0 Å². The monoisotopic (exact) mass is 927 g/mol. The maximum Gasteiger partial charge on any atom is 0.311 e. The van der Waals surface area contributed by atoms with Gasteiger partial charge < -0.3 is 69.5 Å². The molecular formula is C47H82N4O12S. The van der Waals surface area contributed by atoms with Crippen molar-refractivity contribution in [3.8, 4) is 0 Å². The van der Waals surface area contributed by atoms with E-state index >= 15 is 0 Å². The Morgan fingerprint density at radius 2 is 1.62 bits per heavy atom. The molecule has 3 saturated heterocycles. The average Bonchev–Trinajstić information content (AvgIpc) is 3.23. The summed E-state index contributed by atoms with van der Waals surface area (Å²) >= 11 is 5.54. The van der Waals surface area contributed by atoms with Crippen molar-refractivity contribution in [2.45, 2.75) is 192 Å². The first kappa shape index (κ1) is 54.5. The Morgan fingerprint density at radius 1 is 0.969 bits per heavy atom. The average molecular weight is 927 g/mol. The summed E-state index contributed by atoms with van der Waals surface area (Å²) in [6.07, 6.45) is -8.10. The van der Waals surface area contributed by atoms with Crippen LogP contribution in [0.3, 0.4) is 0 Å². The fourth-order valence-electron chi connectivity index (χ4n) is 10.1. The predicted octanol–water partition coefficient (Wildman–Crippen LogP) is 3.65. The van der Waals surface area contributed by atoms with Crippen LogP contribution in [0, 0.1) is 17.8 Å². The first-order valence-electron chi connectivity index (χ1n) is 23.2. The zero-order chi connectivity index (χ0) is 47.9. The summed E-state index contributed by atoms with van der Waals surface area (Å²) in [7, 11) is 5.28. The molecule has 4 rings (SSSR count). The Bertz CT molecular complexity index is 1610. The molecule has 1 aromatic rings. The zero-order valence-electron chi connectivity index (χ0n) is 40.6. The van der Waals surface area contributed by atoms with Crippen LogP contribution in [0.5, 0.6) is 0 Å². The Morgan fingerprint density at radius 3 is 2.23 bits per heavy atom. The highest BCUT2D eigenvalue weighted by atomic mass is 32.1. The third-order valence-corrected chi connectivity index (χ3v) is 14.2. The molecule has 0 amide bonds. The Kier molecular flexibility index (Phi) is 19.8. The highest BCUT2D eigenvalue weighted by Crippen LogP contribution is 2.40. The minimum atomic E-state index is -1.88. The van der Waals surface area contributed by atoms with Gasteiger partial charge in [-0.15, -0.1) is 0 Å². The number of carbonyl (C=O) groups is 1. The van der Waals surface area contributed by atoms with Crippen molar-refractivity contribution >= 4 is 29.0 Å². The molecular weight excluding hydrogens is 845 g/mol. The number of nitrogens with one attached hydrogen (secondary N) is 2. The summed E-state index contributed by atoms with van der Waals surface area (Å²) < 4.78 is 38.1. The SMILES string of the molecule is CC[C@H]1OC(=O)[C@H](C)[C@@H](O[C@H]2C[C@@](C)(OC)[C@@H](O)[C@H](C)O2)[C@H](C)[C@@H](O[C@@H]2O[C@H](C)C[C@H](N(C)C)[C@H]2O)[C@](C)(O)C[C@@H](C)CN(CCCNC(=S)Nc2ccccc2)[C@H](C)[C@@H](O)[C@]1(C)O. The normalized spacial score (nSPS) is 42.3. The molecule has 3 aliphatic rings. The van der Waals surface area contributed by atoms with Crippen molar-refractivity contribution in [1.82, 2.24) is 15.1 Å². The highest BCUT2D eigenvalue weighted by molar-refractivity contribution is 7.80. The predicted molar refractivity (Wildman–Crippen MR) is 248 cm³/mol. The van der Waals surface area contributed by atoms with Crippen molar-refractivity contribution in [3.63, 3.8) is 0 Å². The standard InChI is InChI=1S/C47H82N4O12S/c1-14-35-47(10,57)39(53)31(6)51(22-18-21-48-44(64)49-33-19-16-15-17-20-33)26-27(2)24-45(8,56)41(63-43-37(52)34(50(11)12)23-28(3)59-43)29(4)38(30(5)42(55)61-35)62-36-25-46(9,58-13)40(54)32(7)60-36/h15-17,19-20,27-32,34-41,43,52-54,56-57H,14,18,21-26H2,1-13H3,(H2,48,49,64)/t27-,28-,29+,30-,31-,32+,34+,35-,36+,37-,38+,39-,40+,41-,43+,45-,46-,47-/m1/s1.